The monoisotopic (exact) mass is 379 g/mol. The van der Waals surface area contributed by atoms with Crippen molar-refractivity contribution in [3.63, 3.8) is 0 Å². The number of halogens is 1. The van der Waals surface area contributed by atoms with E-state index < -0.39 is 0 Å². The molecule has 0 saturated carbocycles. The number of rotatable bonds is 3. The van der Waals surface area contributed by atoms with Crippen LogP contribution in [-0.2, 0) is 5.41 Å². The van der Waals surface area contributed by atoms with E-state index in [1.807, 2.05) is 7.05 Å². The molecule has 0 aliphatic heterocycles. The second-order valence-electron chi connectivity index (χ2n) is 6.12. The van der Waals surface area contributed by atoms with Crippen molar-refractivity contribution in [3.8, 4) is 0 Å². The van der Waals surface area contributed by atoms with Gasteiger partial charge in [-0.2, -0.15) is 0 Å². The summed E-state index contributed by atoms with van der Waals surface area (Å²) in [5.74, 6) is 0. The van der Waals surface area contributed by atoms with Crippen LogP contribution >= 0.6 is 22.6 Å². The fourth-order valence-corrected chi connectivity index (χ4v) is 3.09. The average Bonchev–Trinajstić information content (AvgIpc) is 2.41. The van der Waals surface area contributed by atoms with Gasteiger partial charge in [0.2, 0.25) is 0 Å². The van der Waals surface area contributed by atoms with E-state index >= 15 is 0 Å². The highest BCUT2D eigenvalue weighted by atomic mass is 127. The van der Waals surface area contributed by atoms with E-state index in [1.165, 1.54) is 20.3 Å². The van der Waals surface area contributed by atoms with Crippen LogP contribution in [0.1, 0.15) is 43.5 Å². The summed E-state index contributed by atoms with van der Waals surface area (Å²) in [5.41, 5.74) is 4.22. The van der Waals surface area contributed by atoms with Crippen LogP contribution in [-0.4, -0.2) is 7.05 Å². The molecule has 0 fully saturated rings. The second kappa shape index (κ2) is 6.27. The maximum atomic E-state index is 3.43. The van der Waals surface area contributed by atoms with Gasteiger partial charge in [0.05, 0.1) is 6.04 Å². The maximum Gasteiger partial charge on any atom is 0.0584 e. The van der Waals surface area contributed by atoms with Crippen molar-refractivity contribution in [1.29, 1.82) is 0 Å². The molecule has 2 aromatic carbocycles. The summed E-state index contributed by atoms with van der Waals surface area (Å²) in [6, 6.07) is 17.8. The van der Waals surface area contributed by atoms with E-state index in [0.29, 0.717) is 0 Å². The second-order valence-corrected chi connectivity index (χ2v) is 7.28. The lowest BCUT2D eigenvalue weighted by molar-refractivity contribution is 0.589. The van der Waals surface area contributed by atoms with Gasteiger partial charge in [-0.05, 0) is 57.8 Å². The molecule has 0 aromatic heterocycles. The molecule has 0 amide bonds. The lowest BCUT2D eigenvalue weighted by atomic mass is 9.86. The van der Waals surface area contributed by atoms with E-state index in [0.717, 1.165) is 0 Å². The molecule has 2 heteroatoms. The summed E-state index contributed by atoms with van der Waals surface area (Å²) in [5, 5.41) is 3.43. The van der Waals surface area contributed by atoms with Crippen LogP contribution in [0.3, 0.4) is 0 Å². The van der Waals surface area contributed by atoms with Gasteiger partial charge in [-0.25, -0.2) is 0 Å². The normalized spacial score (nSPS) is 13.2. The van der Waals surface area contributed by atoms with Crippen LogP contribution in [0, 0.1) is 3.57 Å². The molecule has 0 bridgehead atoms. The first-order valence-corrected chi connectivity index (χ1v) is 8.03. The minimum absolute atomic E-state index is 0.203. The zero-order valence-electron chi connectivity index (χ0n) is 12.6. The molecule has 2 rings (SSSR count). The highest BCUT2D eigenvalue weighted by Gasteiger charge is 2.17. The summed E-state index contributed by atoms with van der Waals surface area (Å²) >= 11 is 2.41. The van der Waals surface area contributed by atoms with Gasteiger partial charge in [0.15, 0.2) is 0 Å². The first kappa shape index (κ1) is 15.5. The van der Waals surface area contributed by atoms with Crippen molar-refractivity contribution in [2.24, 2.45) is 0 Å². The standard InChI is InChI=1S/C18H22IN/c1-18(2,3)14-11-9-13(10-12-14)17(20-4)15-7-5-6-8-16(15)19/h5-12,17,20H,1-4H3. The Balaban J connectivity index is 2.36. The van der Waals surface area contributed by atoms with E-state index in [2.05, 4.69) is 97.2 Å². The fraction of sp³-hybridized carbons (Fsp3) is 0.333. The maximum absolute atomic E-state index is 3.43. The quantitative estimate of drug-likeness (QED) is 0.749. The molecule has 1 N–H and O–H groups in total. The largest absolute Gasteiger partial charge is 0.309 e. The first-order valence-electron chi connectivity index (χ1n) is 6.95. The zero-order valence-corrected chi connectivity index (χ0v) is 14.7. The van der Waals surface area contributed by atoms with Crippen LogP contribution in [0.4, 0.5) is 0 Å². The molecule has 0 aliphatic rings. The predicted octanol–water partition coefficient (Wildman–Crippen LogP) is 4.90. The van der Waals surface area contributed by atoms with E-state index in [4.69, 9.17) is 0 Å². The van der Waals surface area contributed by atoms with Crippen molar-refractivity contribution in [1.82, 2.24) is 5.32 Å². The average molecular weight is 379 g/mol. The van der Waals surface area contributed by atoms with Gasteiger partial charge in [-0.3, -0.25) is 0 Å². The molecule has 0 radical (unpaired) electrons. The molecule has 2 aromatic rings. The van der Waals surface area contributed by atoms with Gasteiger partial charge in [0.25, 0.3) is 0 Å². The summed E-state index contributed by atoms with van der Waals surface area (Å²) in [6.45, 7) is 6.74. The minimum Gasteiger partial charge on any atom is -0.309 e. The zero-order chi connectivity index (χ0) is 14.8. The molecule has 20 heavy (non-hydrogen) atoms. The van der Waals surface area contributed by atoms with Gasteiger partial charge in [0.1, 0.15) is 0 Å². The molecular formula is C18H22IN. The molecule has 106 valence electrons. The van der Waals surface area contributed by atoms with Crippen LogP contribution in [0.5, 0.6) is 0 Å². The van der Waals surface area contributed by atoms with Gasteiger partial charge in [-0.15, -0.1) is 0 Å². The SMILES string of the molecule is CNC(c1ccc(C(C)(C)C)cc1)c1ccccc1I. The molecule has 0 saturated heterocycles. The summed E-state index contributed by atoms with van der Waals surface area (Å²) in [7, 11) is 2.02. The Morgan fingerprint density at radius 3 is 2.05 bits per heavy atom. The minimum atomic E-state index is 0.203. The smallest absolute Gasteiger partial charge is 0.0584 e. The van der Waals surface area contributed by atoms with Crippen molar-refractivity contribution in [2.45, 2.75) is 32.2 Å². The lowest BCUT2D eigenvalue weighted by Gasteiger charge is -2.22. The van der Waals surface area contributed by atoms with Crippen molar-refractivity contribution in [2.75, 3.05) is 7.05 Å². The van der Waals surface area contributed by atoms with Crippen LogP contribution in [0.15, 0.2) is 48.5 Å². The molecule has 0 aliphatic carbocycles. The molecule has 1 atom stereocenters. The van der Waals surface area contributed by atoms with Crippen LogP contribution < -0.4 is 5.32 Å². The third-order valence-electron chi connectivity index (χ3n) is 3.61. The van der Waals surface area contributed by atoms with E-state index in [-0.39, 0.29) is 11.5 Å². The van der Waals surface area contributed by atoms with Crippen molar-refractivity contribution in [3.05, 3.63) is 68.8 Å². The molecular weight excluding hydrogens is 357 g/mol. The molecule has 1 nitrogen and oxygen atoms in total. The van der Waals surface area contributed by atoms with Gasteiger partial charge >= 0.3 is 0 Å². The highest BCUT2D eigenvalue weighted by molar-refractivity contribution is 14.1. The van der Waals surface area contributed by atoms with Crippen LogP contribution in [0.2, 0.25) is 0 Å². The Bertz CT molecular complexity index is 567. The number of hydrogen-bond donors (Lipinski definition) is 1. The molecule has 1 unspecified atom stereocenters. The highest BCUT2D eigenvalue weighted by Crippen LogP contribution is 2.28. The number of nitrogens with one attached hydrogen (secondary N) is 1. The number of hydrogen-bond acceptors (Lipinski definition) is 1. The predicted molar refractivity (Wildman–Crippen MR) is 95.2 cm³/mol. The van der Waals surface area contributed by atoms with Crippen LogP contribution in [0.25, 0.3) is 0 Å². The molecule has 0 heterocycles. The Morgan fingerprint density at radius 1 is 0.950 bits per heavy atom. The number of benzene rings is 2. The van der Waals surface area contributed by atoms with Crippen molar-refractivity contribution < 1.29 is 0 Å². The Kier molecular flexibility index (Phi) is 4.86. The van der Waals surface area contributed by atoms with Crippen molar-refractivity contribution >= 4 is 22.6 Å². The Hall–Kier alpha value is -0.870. The molecule has 0 spiro atoms. The summed E-state index contributed by atoms with van der Waals surface area (Å²) in [6.07, 6.45) is 0. The van der Waals surface area contributed by atoms with Gasteiger partial charge in [-0.1, -0.05) is 63.2 Å². The summed E-state index contributed by atoms with van der Waals surface area (Å²) < 4.78 is 1.30. The third-order valence-corrected chi connectivity index (χ3v) is 4.60. The topological polar surface area (TPSA) is 12.0 Å². The fourth-order valence-electron chi connectivity index (χ4n) is 2.39. The van der Waals surface area contributed by atoms with E-state index in [1.54, 1.807) is 0 Å². The van der Waals surface area contributed by atoms with Gasteiger partial charge < -0.3 is 5.32 Å². The Labute approximate surface area is 135 Å². The van der Waals surface area contributed by atoms with E-state index in [9.17, 15) is 0 Å². The lowest BCUT2D eigenvalue weighted by Crippen LogP contribution is -2.19. The Morgan fingerprint density at radius 2 is 1.55 bits per heavy atom. The third kappa shape index (κ3) is 3.41. The van der Waals surface area contributed by atoms with Gasteiger partial charge in [0, 0.05) is 3.57 Å². The summed E-state index contributed by atoms with van der Waals surface area (Å²) in [4.78, 5) is 0. The first-order chi connectivity index (χ1) is 9.43.